The Hall–Kier alpha value is -1.56. The molecule has 0 spiro atoms. The number of pyridine rings is 1. The number of nitrogens with zero attached hydrogens (tertiary/aromatic N) is 3. The number of hydrogen-bond donors (Lipinski definition) is 1. The lowest BCUT2D eigenvalue weighted by molar-refractivity contribution is -0.173. The van der Waals surface area contributed by atoms with E-state index in [9.17, 15) is 13.2 Å². The largest absolute Gasteiger partial charge is 0.411 e. The van der Waals surface area contributed by atoms with Crippen LogP contribution in [0.15, 0.2) is 12.1 Å². The van der Waals surface area contributed by atoms with Gasteiger partial charge in [0.2, 0.25) is 0 Å². The van der Waals surface area contributed by atoms with Gasteiger partial charge < -0.3 is 14.7 Å². The van der Waals surface area contributed by atoms with Crippen molar-refractivity contribution in [2.45, 2.75) is 6.18 Å². The molecule has 0 aliphatic carbocycles. The van der Waals surface area contributed by atoms with Gasteiger partial charge in [0.1, 0.15) is 18.5 Å². The van der Waals surface area contributed by atoms with Crippen LogP contribution in [0.2, 0.25) is 5.02 Å². The molecule has 0 aliphatic rings. The Bertz CT molecular complexity index is 506. The maximum atomic E-state index is 12.0. The van der Waals surface area contributed by atoms with E-state index in [2.05, 4.69) is 9.72 Å². The lowest BCUT2D eigenvalue weighted by Gasteiger charge is -2.23. The fourth-order valence-electron chi connectivity index (χ4n) is 1.51. The van der Waals surface area contributed by atoms with Crippen LogP contribution in [0.1, 0.15) is 5.69 Å². The molecule has 0 atom stereocenters. The van der Waals surface area contributed by atoms with Crippen molar-refractivity contribution in [3.8, 4) is 6.07 Å². The van der Waals surface area contributed by atoms with E-state index in [4.69, 9.17) is 22.0 Å². The lowest BCUT2D eigenvalue weighted by atomic mass is 10.3. The minimum atomic E-state index is -4.38. The molecule has 0 fully saturated rings. The molecule has 0 aromatic carbocycles. The Balaban J connectivity index is 2.67. The second-order valence-electron chi connectivity index (χ2n) is 3.99. The molecule has 116 valence electrons. The highest BCUT2D eigenvalue weighted by Gasteiger charge is 2.27. The van der Waals surface area contributed by atoms with Crippen LogP contribution < -0.4 is 4.90 Å². The number of hydrogen-bond acceptors (Lipinski definition) is 5. The number of aromatic nitrogens is 1. The Morgan fingerprint density at radius 1 is 1.38 bits per heavy atom. The first-order valence-corrected chi connectivity index (χ1v) is 6.32. The van der Waals surface area contributed by atoms with E-state index in [0.29, 0.717) is 5.82 Å². The highest BCUT2D eigenvalue weighted by atomic mass is 35.5. The van der Waals surface area contributed by atoms with Crippen LogP contribution in [-0.4, -0.2) is 49.2 Å². The highest BCUT2D eigenvalue weighted by Crippen LogP contribution is 2.19. The molecule has 1 aromatic rings. The van der Waals surface area contributed by atoms with Crippen molar-refractivity contribution in [3.05, 3.63) is 22.8 Å². The van der Waals surface area contributed by atoms with Gasteiger partial charge in [0, 0.05) is 13.1 Å². The summed E-state index contributed by atoms with van der Waals surface area (Å²) < 4.78 is 40.4. The van der Waals surface area contributed by atoms with E-state index in [0.717, 1.165) is 0 Å². The highest BCUT2D eigenvalue weighted by molar-refractivity contribution is 6.31. The van der Waals surface area contributed by atoms with Crippen LogP contribution in [0, 0.1) is 11.3 Å². The molecule has 0 aliphatic heterocycles. The van der Waals surface area contributed by atoms with Gasteiger partial charge in [-0.05, 0) is 12.1 Å². The molecule has 1 rings (SSSR count). The van der Waals surface area contributed by atoms with Gasteiger partial charge in [0.15, 0.2) is 5.69 Å². The Kier molecular flexibility index (Phi) is 6.68. The number of anilines is 1. The van der Waals surface area contributed by atoms with Gasteiger partial charge in [-0.15, -0.1) is 0 Å². The van der Waals surface area contributed by atoms with Crippen molar-refractivity contribution in [2.24, 2.45) is 0 Å². The quantitative estimate of drug-likeness (QED) is 0.777. The molecule has 0 saturated carbocycles. The van der Waals surface area contributed by atoms with Crippen LogP contribution in [0.25, 0.3) is 0 Å². The molecule has 1 aromatic heterocycles. The first kappa shape index (κ1) is 17.5. The number of alkyl halides is 3. The van der Waals surface area contributed by atoms with E-state index in [1.807, 2.05) is 6.07 Å². The Labute approximate surface area is 124 Å². The summed E-state index contributed by atoms with van der Waals surface area (Å²) in [6.45, 7) is -1.50. The van der Waals surface area contributed by atoms with E-state index in [1.54, 1.807) is 0 Å². The molecule has 9 heteroatoms. The number of ether oxygens (including phenoxy) is 1. The van der Waals surface area contributed by atoms with Crippen LogP contribution in [-0.2, 0) is 4.74 Å². The number of halogens is 4. The zero-order valence-electron chi connectivity index (χ0n) is 10.9. The van der Waals surface area contributed by atoms with Crippen molar-refractivity contribution in [1.82, 2.24) is 4.98 Å². The van der Waals surface area contributed by atoms with Gasteiger partial charge in [0.05, 0.1) is 18.2 Å². The zero-order valence-corrected chi connectivity index (χ0v) is 11.7. The number of nitriles is 1. The Morgan fingerprint density at radius 2 is 2.10 bits per heavy atom. The van der Waals surface area contributed by atoms with Crippen LogP contribution in [0.5, 0.6) is 0 Å². The summed E-state index contributed by atoms with van der Waals surface area (Å²) in [7, 11) is 0. The van der Waals surface area contributed by atoms with Crippen LogP contribution in [0.3, 0.4) is 0 Å². The zero-order chi connectivity index (χ0) is 15.9. The normalized spacial score (nSPS) is 11.2. The summed E-state index contributed by atoms with van der Waals surface area (Å²) in [4.78, 5) is 5.49. The third-order valence-electron chi connectivity index (χ3n) is 2.40. The summed E-state index contributed by atoms with van der Waals surface area (Å²) >= 11 is 5.75. The summed E-state index contributed by atoms with van der Waals surface area (Å²) in [6.07, 6.45) is -4.38. The maximum Gasteiger partial charge on any atom is 0.411 e. The summed E-state index contributed by atoms with van der Waals surface area (Å²) in [6, 6.07) is 4.79. The second-order valence-corrected chi connectivity index (χ2v) is 4.40. The molecule has 0 radical (unpaired) electrons. The Morgan fingerprint density at radius 3 is 2.67 bits per heavy atom. The summed E-state index contributed by atoms with van der Waals surface area (Å²) in [5.41, 5.74) is 0.00770. The SMILES string of the molecule is N#Cc1nc(N(CCO)CCOCC(F)(F)F)ccc1Cl. The van der Waals surface area contributed by atoms with Crippen LogP contribution in [0.4, 0.5) is 19.0 Å². The molecule has 0 unspecified atom stereocenters. The van der Waals surface area contributed by atoms with E-state index < -0.39 is 12.8 Å². The average Bonchev–Trinajstić information content (AvgIpc) is 2.42. The topological polar surface area (TPSA) is 69.4 Å². The molecule has 0 amide bonds. The van der Waals surface area contributed by atoms with Crippen molar-refractivity contribution in [2.75, 3.05) is 37.8 Å². The van der Waals surface area contributed by atoms with E-state index in [1.165, 1.54) is 17.0 Å². The molecule has 1 N–H and O–H groups in total. The molecule has 5 nitrogen and oxygen atoms in total. The fraction of sp³-hybridized carbons (Fsp3) is 0.500. The fourth-order valence-corrected chi connectivity index (χ4v) is 1.66. The van der Waals surface area contributed by atoms with Crippen molar-refractivity contribution in [3.63, 3.8) is 0 Å². The standard InChI is InChI=1S/C12H13ClF3N3O2/c13-9-1-2-11(18-10(9)7-17)19(3-5-20)4-6-21-8-12(14,15)16/h1-2,20H,3-6,8H2. The van der Waals surface area contributed by atoms with Gasteiger partial charge in [-0.25, -0.2) is 4.98 Å². The third kappa shape index (κ3) is 6.16. The smallest absolute Gasteiger partial charge is 0.395 e. The molecule has 21 heavy (non-hydrogen) atoms. The molecular weight excluding hydrogens is 311 g/mol. The number of aliphatic hydroxyl groups is 1. The summed E-state index contributed by atoms with van der Waals surface area (Å²) in [5, 5.41) is 18.0. The monoisotopic (exact) mass is 323 g/mol. The molecule has 0 bridgehead atoms. The second kappa shape index (κ2) is 8.02. The third-order valence-corrected chi connectivity index (χ3v) is 2.71. The average molecular weight is 324 g/mol. The first-order chi connectivity index (χ1) is 9.87. The lowest BCUT2D eigenvalue weighted by Crippen LogP contribution is -2.32. The van der Waals surface area contributed by atoms with Gasteiger partial charge in [-0.2, -0.15) is 18.4 Å². The minimum Gasteiger partial charge on any atom is -0.395 e. The van der Waals surface area contributed by atoms with Gasteiger partial charge in [-0.3, -0.25) is 0 Å². The summed E-state index contributed by atoms with van der Waals surface area (Å²) in [5.74, 6) is 0.334. The predicted octanol–water partition coefficient (Wildman–Crippen LogP) is 1.98. The predicted molar refractivity (Wildman–Crippen MR) is 70.1 cm³/mol. The number of aliphatic hydroxyl groups excluding tert-OH is 1. The van der Waals surface area contributed by atoms with Crippen LogP contribution >= 0.6 is 11.6 Å². The maximum absolute atomic E-state index is 12.0. The van der Waals surface area contributed by atoms with Gasteiger partial charge in [0.25, 0.3) is 0 Å². The van der Waals surface area contributed by atoms with Gasteiger partial charge >= 0.3 is 6.18 Å². The van der Waals surface area contributed by atoms with Crippen molar-refractivity contribution in [1.29, 1.82) is 5.26 Å². The van der Waals surface area contributed by atoms with E-state index >= 15 is 0 Å². The molecule has 1 heterocycles. The minimum absolute atomic E-state index is 0.00770. The molecular formula is C12H13ClF3N3O2. The molecule has 0 saturated heterocycles. The van der Waals surface area contributed by atoms with Crippen molar-refractivity contribution < 1.29 is 23.0 Å². The van der Waals surface area contributed by atoms with Gasteiger partial charge in [-0.1, -0.05) is 11.6 Å². The number of rotatable bonds is 7. The van der Waals surface area contributed by atoms with Crippen molar-refractivity contribution >= 4 is 17.4 Å². The first-order valence-electron chi connectivity index (χ1n) is 5.94. The van der Waals surface area contributed by atoms with E-state index in [-0.39, 0.29) is 37.0 Å².